The fourth-order valence-corrected chi connectivity index (χ4v) is 2.95. The summed E-state index contributed by atoms with van der Waals surface area (Å²) in [5.74, 6) is 0. The highest BCUT2D eigenvalue weighted by atomic mass is 35.5. The Hall–Kier alpha value is -1.03. The molecule has 0 bridgehead atoms. The first-order valence-corrected chi connectivity index (χ1v) is 6.70. The molecule has 3 nitrogen and oxygen atoms in total. The van der Waals surface area contributed by atoms with Crippen LogP contribution >= 0.6 is 11.6 Å². The maximum Gasteiger partial charge on any atom is 0.0604 e. The van der Waals surface area contributed by atoms with E-state index in [0.29, 0.717) is 6.04 Å². The van der Waals surface area contributed by atoms with Crippen LogP contribution in [0.3, 0.4) is 0 Å². The number of aryl methyl sites for hydroxylation is 1. The van der Waals surface area contributed by atoms with E-state index >= 15 is 0 Å². The lowest BCUT2D eigenvalue weighted by Crippen LogP contribution is -2.44. The second kappa shape index (κ2) is 4.57. The summed E-state index contributed by atoms with van der Waals surface area (Å²) in [7, 11) is 4.30. The lowest BCUT2D eigenvalue weighted by molar-refractivity contribution is 0.236. The van der Waals surface area contributed by atoms with Gasteiger partial charge in [-0.15, -0.1) is 0 Å². The molecule has 1 aromatic carbocycles. The number of benzene rings is 1. The van der Waals surface area contributed by atoms with Crippen molar-refractivity contribution in [3.05, 3.63) is 35.0 Å². The van der Waals surface area contributed by atoms with Crippen molar-refractivity contribution >= 4 is 22.5 Å². The molecule has 1 unspecified atom stereocenters. The van der Waals surface area contributed by atoms with Gasteiger partial charge in [0.1, 0.15) is 0 Å². The van der Waals surface area contributed by atoms with E-state index in [4.69, 9.17) is 11.6 Å². The number of nitrogens with one attached hydrogen (secondary N) is 1. The van der Waals surface area contributed by atoms with Crippen molar-refractivity contribution < 1.29 is 0 Å². The Bertz CT molecular complexity index is 576. The SMILES string of the molecule is CN1CCNC(c2cc3cc(Cl)ccc3n2C)C1. The van der Waals surface area contributed by atoms with Crippen LogP contribution in [0.2, 0.25) is 5.02 Å². The van der Waals surface area contributed by atoms with Gasteiger partial charge in [0.15, 0.2) is 0 Å². The van der Waals surface area contributed by atoms with Gasteiger partial charge in [-0.25, -0.2) is 0 Å². The monoisotopic (exact) mass is 263 g/mol. The van der Waals surface area contributed by atoms with Crippen LogP contribution in [0.1, 0.15) is 11.7 Å². The molecular formula is C14H18ClN3. The van der Waals surface area contributed by atoms with E-state index < -0.39 is 0 Å². The first-order chi connectivity index (χ1) is 8.65. The summed E-state index contributed by atoms with van der Waals surface area (Å²) < 4.78 is 2.27. The molecule has 0 radical (unpaired) electrons. The van der Waals surface area contributed by atoms with Crippen molar-refractivity contribution in [3.63, 3.8) is 0 Å². The normalized spacial score (nSPS) is 21.6. The zero-order valence-corrected chi connectivity index (χ0v) is 11.5. The highest BCUT2D eigenvalue weighted by Gasteiger charge is 2.21. The molecule has 0 aliphatic carbocycles. The van der Waals surface area contributed by atoms with E-state index in [2.05, 4.69) is 41.0 Å². The van der Waals surface area contributed by atoms with Gasteiger partial charge >= 0.3 is 0 Å². The van der Waals surface area contributed by atoms with Crippen molar-refractivity contribution in [2.24, 2.45) is 7.05 Å². The molecule has 18 heavy (non-hydrogen) atoms. The summed E-state index contributed by atoms with van der Waals surface area (Å²) in [6, 6.07) is 8.73. The molecule has 1 aliphatic rings. The number of hydrogen-bond acceptors (Lipinski definition) is 2. The molecule has 0 spiro atoms. The smallest absolute Gasteiger partial charge is 0.0604 e. The fraction of sp³-hybridized carbons (Fsp3) is 0.429. The number of piperazine rings is 1. The molecule has 2 heterocycles. The number of rotatable bonds is 1. The van der Waals surface area contributed by atoms with Crippen LogP contribution in [0, 0.1) is 0 Å². The van der Waals surface area contributed by atoms with E-state index in [9.17, 15) is 0 Å². The predicted molar refractivity (Wildman–Crippen MR) is 76.2 cm³/mol. The average Bonchev–Trinajstić information content (AvgIpc) is 2.66. The minimum Gasteiger partial charge on any atom is -0.346 e. The van der Waals surface area contributed by atoms with E-state index in [0.717, 1.165) is 24.7 Å². The lowest BCUT2D eigenvalue weighted by Gasteiger charge is -2.31. The van der Waals surface area contributed by atoms with Crippen LogP contribution < -0.4 is 5.32 Å². The molecule has 1 atom stereocenters. The molecule has 1 aromatic heterocycles. The highest BCUT2D eigenvalue weighted by molar-refractivity contribution is 6.31. The summed E-state index contributed by atoms with van der Waals surface area (Å²) in [6.45, 7) is 3.22. The Morgan fingerprint density at radius 1 is 1.28 bits per heavy atom. The van der Waals surface area contributed by atoms with Gasteiger partial charge in [0.05, 0.1) is 6.04 Å². The maximum absolute atomic E-state index is 6.06. The van der Waals surface area contributed by atoms with Gasteiger partial charge in [0, 0.05) is 48.3 Å². The number of hydrogen-bond donors (Lipinski definition) is 1. The number of nitrogens with zero attached hydrogens (tertiary/aromatic N) is 2. The second-order valence-corrected chi connectivity index (χ2v) is 5.54. The van der Waals surface area contributed by atoms with E-state index in [1.54, 1.807) is 0 Å². The van der Waals surface area contributed by atoms with Crippen LogP contribution in [0.5, 0.6) is 0 Å². The van der Waals surface area contributed by atoms with Crippen molar-refractivity contribution in [1.29, 1.82) is 0 Å². The zero-order chi connectivity index (χ0) is 12.7. The molecule has 0 saturated carbocycles. The van der Waals surface area contributed by atoms with Gasteiger partial charge in [-0.3, -0.25) is 0 Å². The van der Waals surface area contributed by atoms with Crippen molar-refractivity contribution in [2.45, 2.75) is 6.04 Å². The van der Waals surface area contributed by atoms with Crippen LogP contribution in [0.25, 0.3) is 10.9 Å². The Kier molecular flexibility index (Phi) is 3.06. The van der Waals surface area contributed by atoms with Gasteiger partial charge in [0.25, 0.3) is 0 Å². The lowest BCUT2D eigenvalue weighted by atomic mass is 10.1. The molecule has 2 aromatic rings. The molecule has 1 aliphatic heterocycles. The van der Waals surface area contributed by atoms with Gasteiger partial charge in [-0.05, 0) is 31.3 Å². The number of aromatic nitrogens is 1. The van der Waals surface area contributed by atoms with Crippen molar-refractivity contribution in [2.75, 3.05) is 26.7 Å². The Labute approximate surface area is 112 Å². The van der Waals surface area contributed by atoms with Crippen LogP contribution in [-0.2, 0) is 7.05 Å². The quantitative estimate of drug-likeness (QED) is 0.853. The van der Waals surface area contributed by atoms with E-state index in [-0.39, 0.29) is 0 Å². The van der Waals surface area contributed by atoms with Gasteiger partial charge in [-0.2, -0.15) is 0 Å². The molecule has 1 N–H and O–H groups in total. The van der Waals surface area contributed by atoms with Crippen LogP contribution in [0.4, 0.5) is 0 Å². The van der Waals surface area contributed by atoms with Gasteiger partial charge in [-0.1, -0.05) is 11.6 Å². The first-order valence-electron chi connectivity index (χ1n) is 6.32. The second-order valence-electron chi connectivity index (χ2n) is 5.10. The molecule has 1 saturated heterocycles. The fourth-order valence-electron chi connectivity index (χ4n) is 2.77. The molecule has 3 rings (SSSR count). The predicted octanol–water partition coefficient (Wildman–Crippen LogP) is 2.41. The standard InChI is InChI=1S/C14H18ClN3/c1-17-6-5-16-12(9-17)14-8-10-7-11(15)3-4-13(10)18(14)2/h3-4,7-8,12,16H,5-6,9H2,1-2H3. The number of fused-ring (bicyclic) bond motifs is 1. The van der Waals surface area contributed by atoms with Gasteiger partial charge < -0.3 is 14.8 Å². The number of likely N-dealkylation sites (N-methyl/N-ethyl adjacent to an activating group) is 1. The topological polar surface area (TPSA) is 20.2 Å². The van der Waals surface area contributed by atoms with Crippen molar-refractivity contribution in [1.82, 2.24) is 14.8 Å². The summed E-state index contributed by atoms with van der Waals surface area (Å²) in [5.41, 5.74) is 2.57. The van der Waals surface area contributed by atoms with E-state index in [1.807, 2.05) is 12.1 Å². The molecule has 4 heteroatoms. The first kappa shape index (κ1) is 12.0. The van der Waals surface area contributed by atoms with E-state index in [1.165, 1.54) is 16.6 Å². The molecule has 96 valence electrons. The summed E-state index contributed by atoms with van der Waals surface area (Å²) in [4.78, 5) is 2.37. The van der Waals surface area contributed by atoms with Crippen LogP contribution in [-0.4, -0.2) is 36.1 Å². The van der Waals surface area contributed by atoms with Crippen molar-refractivity contribution in [3.8, 4) is 0 Å². The summed E-state index contributed by atoms with van der Waals surface area (Å²) in [6.07, 6.45) is 0. The minimum atomic E-state index is 0.403. The maximum atomic E-state index is 6.06. The third-order valence-electron chi connectivity index (χ3n) is 3.78. The van der Waals surface area contributed by atoms with Gasteiger partial charge in [0.2, 0.25) is 0 Å². The van der Waals surface area contributed by atoms with Crippen LogP contribution in [0.15, 0.2) is 24.3 Å². The molecular weight excluding hydrogens is 246 g/mol. The Morgan fingerprint density at radius 2 is 2.11 bits per heavy atom. The zero-order valence-electron chi connectivity index (χ0n) is 10.8. The highest BCUT2D eigenvalue weighted by Crippen LogP contribution is 2.27. The molecule has 0 amide bonds. The third-order valence-corrected chi connectivity index (χ3v) is 4.01. The molecule has 1 fully saturated rings. The number of halogens is 1. The summed E-state index contributed by atoms with van der Waals surface area (Å²) in [5, 5.41) is 5.60. The third kappa shape index (κ3) is 2.03. The Balaban J connectivity index is 2.03. The largest absolute Gasteiger partial charge is 0.346 e. The average molecular weight is 264 g/mol. The summed E-state index contributed by atoms with van der Waals surface area (Å²) >= 11 is 6.06. The minimum absolute atomic E-state index is 0.403. The Morgan fingerprint density at radius 3 is 2.89 bits per heavy atom.